The second-order valence-corrected chi connectivity index (χ2v) is 7.89. The van der Waals surface area contributed by atoms with Gasteiger partial charge in [-0.25, -0.2) is 0 Å². The number of thiazole rings is 1. The molecule has 32 heavy (non-hydrogen) atoms. The number of amides is 1. The Morgan fingerprint density at radius 2 is 1.59 bits per heavy atom. The van der Waals surface area contributed by atoms with E-state index in [4.69, 9.17) is 18.9 Å². The summed E-state index contributed by atoms with van der Waals surface area (Å²) in [5.74, 6) is 1.82. The smallest absolute Gasteiger partial charge is 0.279 e. The molecule has 0 saturated heterocycles. The maximum atomic E-state index is 13.2. The summed E-state index contributed by atoms with van der Waals surface area (Å²) in [6, 6.07) is 7.28. The molecule has 8 heteroatoms. The first kappa shape index (κ1) is 23.7. The first-order valence-corrected chi connectivity index (χ1v) is 11.6. The number of aryl methyl sites for hydroxylation is 2. The van der Waals surface area contributed by atoms with Gasteiger partial charge in [0.25, 0.3) is 5.91 Å². The van der Waals surface area contributed by atoms with Crippen molar-refractivity contribution in [2.75, 3.05) is 26.9 Å². The fourth-order valence-corrected chi connectivity index (χ4v) is 4.66. The van der Waals surface area contributed by atoms with Crippen LogP contribution >= 0.6 is 11.3 Å². The molecule has 0 aliphatic carbocycles. The Morgan fingerprint density at radius 3 is 2.12 bits per heavy atom. The highest BCUT2D eigenvalue weighted by Crippen LogP contribution is 2.39. The molecule has 7 nitrogen and oxygen atoms in total. The maximum absolute atomic E-state index is 13.2. The number of carbonyl (C=O) groups is 1. The van der Waals surface area contributed by atoms with E-state index in [0.29, 0.717) is 54.0 Å². The lowest BCUT2D eigenvalue weighted by Crippen LogP contribution is -2.16. The minimum absolute atomic E-state index is 0.375. The average molecular weight is 459 g/mol. The summed E-state index contributed by atoms with van der Waals surface area (Å²) in [5, 5.41) is 0. The monoisotopic (exact) mass is 458 g/mol. The number of rotatable bonds is 9. The summed E-state index contributed by atoms with van der Waals surface area (Å²) in [6.45, 7) is 11.7. The first-order chi connectivity index (χ1) is 15.5. The fourth-order valence-electron chi connectivity index (χ4n) is 3.49. The molecule has 172 valence electrons. The van der Waals surface area contributed by atoms with Crippen LogP contribution in [0.15, 0.2) is 29.3 Å². The molecule has 0 atom stereocenters. The third-order valence-electron chi connectivity index (χ3n) is 4.87. The van der Waals surface area contributed by atoms with E-state index in [1.807, 2.05) is 51.3 Å². The highest BCUT2D eigenvalue weighted by atomic mass is 32.1. The van der Waals surface area contributed by atoms with Crippen LogP contribution in [0.3, 0.4) is 0 Å². The number of nitrogens with zero attached hydrogens (tertiary/aromatic N) is 2. The third kappa shape index (κ3) is 4.60. The van der Waals surface area contributed by atoms with Crippen molar-refractivity contribution >= 4 is 27.5 Å². The molecule has 0 spiro atoms. The Morgan fingerprint density at radius 1 is 0.969 bits per heavy atom. The van der Waals surface area contributed by atoms with Crippen LogP contribution in [0.25, 0.3) is 10.2 Å². The normalized spacial score (nSPS) is 11.6. The summed E-state index contributed by atoms with van der Waals surface area (Å²) in [7, 11) is 1.65. The lowest BCUT2D eigenvalue weighted by molar-refractivity contribution is 0.0996. The first-order valence-electron chi connectivity index (χ1n) is 10.8. The van der Waals surface area contributed by atoms with E-state index in [-0.39, 0.29) is 5.91 Å². The molecule has 0 bridgehead atoms. The second-order valence-electron chi connectivity index (χ2n) is 6.91. The highest BCUT2D eigenvalue weighted by molar-refractivity contribution is 7.16. The summed E-state index contributed by atoms with van der Waals surface area (Å²) in [4.78, 5) is 18.3. The van der Waals surface area contributed by atoms with E-state index in [1.165, 1.54) is 11.3 Å². The molecule has 3 rings (SSSR count). The molecular formula is C24H30N2O5S. The van der Waals surface area contributed by atoms with E-state index >= 15 is 0 Å². The lowest BCUT2D eigenvalue weighted by Gasteiger charge is -2.16. The van der Waals surface area contributed by atoms with E-state index in [2.05, 4.69) is 4.99 Å². The Hall–Kier alpha value is -3.00. The summed E-state index contributed by atoms with van der Waals surface area (Å²) < 4.78 is 25.8. The van der Waals surface area contributed by atoms with Crippen molar-refractivity contribution in [3.8, 4) is 23.0 Å². The van der Waals surface area contributed by atoms with Gasteiger partial charge in [-0.05, 0) is 58.4 Å². The molecule has 3 aromatic rings. The van der Waals surface area contributed by atoms with Gasteiger partial charge in [0, 0.05) is 12.1 Å². The number of hydrogen-bond acceptors (Lipinski definition) is 6. The second kappa shape index (κ2) is 10.5. The van der Waals surface area contributed by atoms with E-state index < -0.39 is 0 Å². The van der Waals surface area contributed by atoms with Crippen LogP contribution in [0, 0.1) is 6.92 Å². The molecule has 0 unspecified atom stereocenters. The van der Waals surface area contributed by atoms with Gasteiger partial charge in [-0.2, -0.15) is 4.99 Å². The van der Waals surface area contributed by atoms with Crippen molar-refractivity contribution in [2.24, 2.45) is 4.99 Å². The van der Waals surface area contributed by atoms with Crippen molar-refractivity contribution in [1.82, 2.24) is 4.57 Å². The lowest BCUT2D eigenvalue weighted by atomic mass is 10.1. The predicted octanol–water partition coefficient (Wildman–Crippen LogP) is 4.98. The van der Waals surface area contributed by atoms with Crippen LogP contribution in [-0.4, -0.2) is 37.4 Å². The summed E-state index contributed by atoms with van der Waals surface area (Å²) in [5.41, 5.74) is 2.44. The Bertz CT molecular complexity index is 1150. The maximum Gasteiger partial charge on any atom is 0.279 e. The van der Waals surface area contributed by atoms with Gasteiger partial charge in [0.2, 0.25) is 5.75 Å². The van der Waals surface area contributed by atoms with Gasteiger partial charge < -0.3 is 23.5 Å². The van der Waals surface area contributed by atoms with Gasteiger partial charge in [0.05, 0.1) is 31.6 Å². The number of benzene rings is 2. The Kier molecular flexibility index (Phi) is 7.80. The van der Waals surface area contributed by atoms with E-state index in [1.54, 1.807) is 19.2 Å². The standard InChI is InChI=1S/C24H30N2O5S/c1-7-26-20-17(28-6)12-11-15(5)22(20)32-24(26)25-23(27)16-13-18(29-8-2)21(31-10-4)19(14-16)30-9-3/h11-14H,7-10H2,1-6H3. The van der Waals surface area contributed by atoms with Crippen LogP contribution in [0.4, 0.5) is 0 Å². The molecule has 0 radical (unpaired) electrons. The van der Waals surface area contributed by atoms with Crippen LogP contribution in [-0.2, 0) is 6.54 Å². The van der Waals surface area contributed by atoms with Crippen molar-refractivity contribution in [1.29, 1.82) is 0 Å². The zero-order valence-electron chi connectivity index (χ0n) is 19.5. The molecule has 1 amide bonds. The molecule has 2 aromatic carbocycles. The van der Waals surface area contributed by atoms with Crippen molar-refractivity contribution in [3.05, 3.63) is 40.2 Å². The SMILES string of the molecule is CCOc1cc(C(=O)N=c2sc3c(C)ccc(OC)c3n2CC)cc(OCC)c1OCC. The van der Waals surface area contributed by atoms with Gasteiger partial charge in [-0.3, -0.25) is 4.79 Å². The third-order valence-corrected chi connectivity index (χ3v) is 6.09. The van der Waals surface area contributed by atoms with Crippen molar-refractivity contribution in [2.45, 2.75) is 41.2 Å². The van der Waals surface area contributed by atoms with Crippen LogP contribution < -0.4 is 23.7 Å². The Balaban J connectivity index is 2.17. The molecule has 0 aliphatic heterocycles. The molecule has 0 fully saturated rings. The van der Waals surface area contributed by atoms with Crippen molar-refractivity contribution in [3.63, 3.8) is 0 Å². The molecule has 0 N–H and O–H groups in total. The number of hydrogen-bond donors (Lipinski definition) is 0. The highest BCUT2D eigenvalue weighted by Gasteiger charge is 2.19. The van der Waals surface area contributed by atoms with Crippen LogP contribution in [0.2, 0.25) is 0 Å². The average Bonchev–Trinajstić information content (AvgIpc) is 3.15. The largest absolute Gasteiger partial charge is 0.495 e. The zero-order valence-corrected chi connectivity index (χ0v) is 20.3. The van der Waals surface area contributed by atoms with Gasteiger partial charge in [0.15, 0.2) is 16.3 Å². The van der Waals surface area contributed by atoms with E-state index in [0.717, 1.165) is 21.5 Å². The minimum atomic E-state index is -0.375. The molecule has 1 heterocycles. The van der Waals surface area contributed by atoms with Crippen molar-refractivity contribution < 1.29 is 23.7 Å². The number of ether oxygens (including phenoxy) is 4. The number of fused-ring (bicyclic) bond motifs is 1. The number of aromatic nitrogens is 1. The molecule has 1 aromatic heterocycles. The summed E-state index contributed by atoms with van der Waals surface area (Å²) >= 11 is 1.48. The minimum Gasteiger partial charge on any atom is -0.495 e. The fraction of sp³-hybridized carbons (Fsp3) is 0.417. The Labute approximate surface area is 192 Å². The van der Waals surface area contributed by atoms with E-state index in [9.17, 15) is 4.79 Å². The molecular weight excluding hydrogens is 428 g/mol. The predicted molar refractivity (Wildman–Crippen MR) is 127 cm³/mol. The quantitative estimate of drug-likeness (QED) is 0.452. The van der Waals surface area contributed by atoms with Gasteiger partial charge in [0.1, 0.15) is 11.3 Å². The topological polar surface area (TPSA) is 71.3 Å². The van der Waals surface area contributed by atoms with Gasteiger partial charge in [-0.15, -0.1) is 0 Å². The zero-order chi connectivity index (χ0) is 23.3. The van der Waals surface area contributed by atoms with Crippen LogP contribution in [0.5, 0.6) is 23.0 Å². The van der Waals surface area contributed by atoms with Crippen LogP contribution in [0.1, 0.15) is 43.6 Å². The van der Waals surface area contributed by atoms with Gasteiger partial charge in [-0.1, -0.05) is 17.4 Å². The van der Waals surface area contributed by atoms with Gasteiger partial charge >= 0.3 is 0 Å². The molecule has 0 aliphatic rings. The molecule has 0 saturated carbocycles. The number of methoxy groups -OCH3 is 1. The number of carbonyl (C=O) groups excluding carboxylic acids is 1. The summed E-state index contributed by atoms with van der Waals surface area (Å²) in [6.07, 6.45) is 0.